The molecule has 1 aromatic carbocycles. The zero-order valence-electron chi connectivity index (χ0n) is 15.1. The molecule has 3 aromatic rings. The van der Waals surface area contributed by atoms with E-state index in [0.29, 0.717) is 5.92 Å². The fourth-order valence-corrected chi connectivity index (χ4v) is 5.79. The number of aryl methyl sites for hydroxylation is 2. The van der Waals surface area contributed by atoms with Gasteiger partial charge in [0, 0.05) is 10.6 Å². The molecule has 0 amide bonds. The van der Waals surface area contributed by atoms with Crippen molar-refractivity contribution in [1.82, 2.24) is 9.55 Å². The van der Waals surface area contributed by atoms with Crippen molar-refractivity contribution in [1.29, 1.82) is 0 Å². The van der Waals surface area contributed by atoms with Crippen LogP contribution in [0.2, 0.25) is 0 Å². The minimum atomic E-state index is 0.0664. The van der Waals surface area contributed by atoms with E-state index in [2.05, 4.69) is 20.4 Å². The minimum absolute atomic E-state index is 0.0664. The molecule has 0 saturated carbocycles. The Morgan fingerprint density at radius 2 is 2.15 bits per heavy atom. The quantitative estimate of drug-likeness (QED) is 0.341. The van der Waals surface area contributed by atoms with Gasteiger partial charge in [-0.1, -0.05) is 42.5 Å². The molecule has 1 atom stereocenters. The first kappa shape index (κ1) is 17.6. The predicted octanol–water partition coefficient (Wildman–Crippen LogP) is 5.47. The van der Waals surface area contributed by atoms with Crippen molar-refractivity contribution in [3.63, 3.8) is 0 Å². The average molecular weight is 383 g/mol. The number of fused-ring (bicyclic) bond motifs is 3. The van der Waals surface area contributed by atoms with Gasteiger partial charge >= 0.3 is 0 Å². The Balaban J connectivity index is 2.02. The third-order valence-corrected chi connectivity index (χ3v) is 7.06. The van der Waals surface area contributed by atoms with Gasteiger partial charge in [-0.2, -0.15) is 0 Å². The van der Waals surface area contributed by atoms with Crippen molar-refractivity contribution < 1.29 is 0 Å². The van der Waals surface area contributed by atoms with Gasteiger partial charge in [-0.3, -0.25) is 9.36 Å². The van der Waals surface area contributed by atoms with Gasteiger partial charge in [0.2, 0.25) is 0 Å². The molecule has 0 spiro atoms. The van der Waals surface area contributed by atoms with Crippen LogP contribution < -0.4 is 5.56 Å². The molecule has 2 heterocycles. The summed E-state index contributed by atoms with van der Waals surface area (Å²) in [6.07, 6.45) is 5.27. The second kappa shape index (κ2) is 7.05. The van der Waals surface area contributed by atoms with Crippen LogP contribution in [0, 0.1) is 6.92 Å². The number of hydrogen-bond donors (Lipinski definition) is 0. The molecule has 0 unspecified atom stereocenters. The maximum Gasteiger partial charge on any atom is 0.267 e. The largest absolute Gasteiger partial charge is 0.268 e. The van der Waals surface area contributed by atoms with Crippen LogP contribution in [-0.4, -0.2) is 15.3 Å². The van der Waals surface area contributed by atoms with Crippen molar-refractivity contribution in [2.45, 2.75) is 44.2 Å². The minimum Gasteiger partial charge on any atom is -0.268 e. The highest BCUT2D eigenvalue weighted by Gasteiger charge is 2.26. The SMILES string of the molecule is C=CCSc1nc2sc3c(c2c(=O)n1-c1ccc(C)cc1)[C@H](C)CCC3. The highest BCUT2D eigenvalue weighted by molar-refractivity contribution is 7.99. The number of thioether (sulfide) groups is 1. The molecule has 1 aliphatic rings. The van der Waals surface area contributed by atoms with Gasteiger partial charge in [0.25, 0.3) is 5.56 Å². The fraction of sp³-hybridized carbons (Fsp3) is 0.333. The maximum absolute atomic E-state index is 13.6. The summed E-state index contributed by atoms with van der Waals surface area (Å²) in [6.45, 7) is 8.09. The number of rotatable bonds is 4. The lowest BCUT2D eigenvalue weighted by Gasteiger charge is -2.19. The van der Waals surface area contributed by atoms with E-state index < -0.39 is 0 Å². The van der Waals surface area contributed by atoms with Crippen molar-refractivity contribution in [2.24, 2.45) is 0 Å². The van der Waals surface area contributed by atoms with Gasteiger partial charge in [0.15, 0.2) is 5.16 Å². The first-order chi connectivity index (χ1) is 12.6. The summed E-state index contributed by atoms with van der Waals surface area (Å²) in [5.41, 5.74) is 3.37. The van der Waals surface area contributed by atoms with Gasteiger partial charge in [-0.15, -0.1) is 17.9 Å². The molecule has 26 heavy (non-hydrogen) atoms. The molecular weight excluding hydrogens is 360 g/mol. The Morgan fingerprint density at radius 1 is 1.38 bits per heavy atom. The fourth-order valence-electron chi connectivity index (χ4n) is 3.67. The van der Waals surface area contributed by atoms with Gasteiger partial charge in [0.05, 0.1) is 11.1 Å². The first-order valence-electron chi connectivity index (χ1n) is 8.99. The molecule has 1 aliphatic carbocycles. The molecule has 0 radical (unpaired) electrons. The standard InChI is InChI=1S/C21H22N2OS2/c1-4-12-25-21-22-19-18(17-14(3)6-5-7-16(17)26-19)20(24)23(21)15-10-8-13(2)9-11-15/h4,8-11,14H,1,5-7,12H2,2-3H3/t14-/m1/s1. The first-order valence-corrected chi connectivity index (χ1v) is 10.8. The third kappa shape index (κ3) is 2.93. The van der Waals surface area contributed by atoms with E-state index in [0.717, 1.165) is 39.7 Å². The summed E-state index contributed by atoms with van der Waals surface area (Å²) in [6, 6.07) is 8.09. The second-order valence-electron chi connectivity index (χ2n) is 6.88. The molecule has 5 heteroatoms. The highest BCUT2D eigenvalue weighted by Crippen LogP contribution is 2.40. The average Bonchev–Trinajstić information content (AvgIpc) is 3.01. The molecule has 2 aromatic heterocycles. The zero-order valence-corrected chi connectivity index (χ0v) is 16.8. The summed E-state index contributed by atoms with van der Waals surface area (Å²) in [5.74, 6) is 1.16. The lowest BCUT2D eigenvalue weighted by molar-refractivity contribution is 0.601. The van der Waals surface area contributed by atoms with Crippen molar-refractivity contribution >= 4 is 33.3 Å². The van der Waals surface area contributed by atoms with E-state index in [1.165, 1.54) is 22.4 Å². The van der Waals surface area contributed by atoms with E-state index in [9.17, 15) is 4.79 Å². The summed E-state index contributed by atoms with van der Waals surface area (Å²) < 4.78 is 1.78. The van der Waals surface area contributed by atoms with Crippen LogP contribution in [-0.2, 0) is 6.42 Å². The molecule has 0 fully saturated rings. The smallest absolute Gasteiger partial charge is 0.267 e. The third-order valence-electron chi connectivity index (χ3n) is 4.97. The molecule has 0 bridgehead atoms. The van der Waals surface area contributed by atoms with E-state index >= 15 is 0 Å². The number of nitrogens with zero attached hydrogens (tertiary/aromatic N) is 2. The van der Waals surface area contributed by atoms with Crippen LogP contribution in [0.5, 0.6) is 0 Å². The van der Waals surface area contributed by atoms with Gasteiger partial charge in [0.1, 0.15) is 4.83 Å². The second-order valence-corrected chi connectivity index (χ2v) is 8.95. The number of benzene rings is 1. The molecule has 0 N–H and O–H groups in total. The lowest BCUT2D eigenvalue weighted by atomic mass is 9.88. The van der Waals surface area contributed by atoms with E-state index in [4.69, 9.17) is 4.98 Å². The van der Waals surface area contributed by atoms with Crippen molar-refractivity contribution in [3.8, 4) is 5.69 Å². The molecule has 0 aliphatic heterocycles. The predicted molar refractivity (Wildman–Crippen MR) is 112 cm³/mol. The number of aromatic nitrogens is 2. The van der Waals surface area contributed by atoms with Crippen molar-refractivity contribution in [2.75, 3.05) is 5.75 Å². The maximum atomic E-state index is 13.6. The normalized spacial score (nSPS) is 16.6. The van der Waals surface area contributed by atoms with E-state index in [-0.39, 0.29) is 5.56 Å². The van der Waals surface area contributed by atoms with Crippen LogP contribution >= 0.6 is 23.1 Å². The summed E-state index contributed by atoms with van der Waals surface area (Å²) in [7, 11) is 0. The summed E-state index contributed by atoms with van der Waals surface area (Å²) in [5, 5.41) is 1.58. The molecule has 3 nitrogen and oxygen atoms in total. The van der Waals surface area contributed by atoms with Gasteiger partial charge in [-0.25, -0.2) is 4.98 Å². The van der Waals surface area contributed by atoms with Crippen LogP contribution in [0.15, 0.2) is 46.9 Å². The topological polar surface area (TPSA) is 34.9 Å². The van der Waals surface area contributed by atoms with Crippen LogP contribution in [0.4, 0.5) is 0 Å². The van der Waals surface area contributed by atoms with E-state index in [1.54, 1.807) is 27.7 Å². The Hall–Kier alpha value is -1.85. The van der Waals surface area contributed by atoms with Crippen LogP contribution in [0.25, 0.3) is 15.9 Å². The van der Waals surface area contributed by atoms with Crippen LogP contribution in [0.3, 0.4) is 0 Å². The zero-order chi connectivity index (χ0) is 18.3. The van der Waals surface area contributed by atoms with Gasteiger partial charge in [-0.05, 0) is 49.8 Å². The molecular formula is C21H22N2OS2. The molecule has 134 valence electrons. The Labute approximate surface area is 161 Å². The molecule has 0 saturated heterocycles. The Bertz CT molecular complexity index is 1030. The van der Waals surface area contributed by atoms with Crippen LogP contribution in [0.1, 0.15) is 41.7 Å². The highest BCUT2D eigenvalue weighted by atomic mass is 32.2. The monoisotopic (exact) mass is 382 g/mol. The Kier molecular flexibility index (Phi) is 4.76. The number of thiophene rings is 1. The summed E-state index contributed by atoms with van der Waals surface area (Å²) >= 11 is 3.27. The van der Waals surface area contributed by atoms with Crippen molar-refractivity contribution in [3.05, 3.63) is 63.3 Å². The van der Waals surface area contributed by atoms with E-state index in [1.807, 2.05) is 30.3 Å². The molecule has 4 rings (SSSR count). The van der Waals surface area contributed by atoms with Gasteiger partial charge < -0.3 is 0 Å². The number of hydrogen-bond acceptors (Lipinski definition) is 4. The lowest BCUT2D eigenvalue weighted by Crippen LogP contribution is -2.22. The summed E-state index contributed by atoms with van der Waals surface area (Å²) in [4.78, 5) is 20.7. The Morgan fingerprint density at radius 3 is 2.88 bits per heavy atom.